The van der Waals surface area contributed by atoms with Crippen molar-refractivity contribution >= 4 is 33.0 Å². The van der Waals surface area contributed by atoms with E-state index in [0.29, 0.717) is 6.54 Å². The van der Waals surface area contributed by atoms with Gasteiger partial charge in [0.1, 0.15) is 0 Å². The molecule has 0 spiro atoms. The van der Waals surface area contributed by atoms with Gasteiger partial charge in [0, 0.05) is 32.8 Å². The Kier molecular flexibility index (Phi) is 4.06. The highest BCUT2D eigenvalue weighted by Crippen LogP contribution is 2.42. The number of ketones is 1. The quantitative estimate of drug-likeness (QED) is 0.861. The highest BCUT2D eigenvalue weighted by Gasteiger charge is 2.40. The first-order valence-electron chi connectivity index (χ1n) is 6.05. The molecule has 0 bridgehead atoms. The predicted molar refractivity (Wildman–Crippen MR) is 75.5 cm³/mol. The molecule has 0 aromatic carbocycles. The zero-order valence-corrected chi connectivity index (χ0v) is 12.4. The number of halogens is 1. The second-order valence-corrected chi connectivity index (χ2v) is 6.73. The summed E-state index contributed by atoms with van der Waals surface area (Å²) in [5.41, 5.74) is 6.41. The Morgan fingerprint density at radius 1 is 1.53 bits per heavy atom. The minimum absolute atomic E-state index is 0.236. The van der Waals surface area contributed by atoms with Gasteiger partial charge >= 0.3 is 0 Å². The second kappa shape index (κ2) is 5.21. The van der Waals surface area contributed by atoms with Crippen molar-refractivity contribution in [2.45, 2.75) is 32.6 Å². The first-order chi connectivity index (χ1) is 8.09. The highest BCUT2D eigenvalue weighted by molar-refractivity contribution is 9.10. The van der Waals surface area contributed by atoms with Crippen LogP contribution in [0.3, 0.4) is 0 Å². The van der Waals surface area contributed by atoms with Crippen LogP contribution in [0.25, 0.3) is 0 Å². The summed E-state index contributed by atoms with van der Waals surface area (Å²) in [6.45, 7) is 2.73. The zero-order valence-electron chi connectivity index (χ0n) is 10.0. The average Bonchev–Trinajstić information content (AvgIpc) is 2.76. The standard InChI is InChI=1S/C13H18BrNOS/c1-9-2-4-13(8-15,5-3-9)12(16)10-6-17-7-11(10)14/h6-7,9H,2-5,8,15H2,1H3. The lowest BCUT2D eigenvalue weighted by molar-refractivity contribution is 0.0695. The molecule has 0 aliphatic heterocycles. The third-order valence-corrected chi connectivity index (χ3v) is 5.67. The Morgan fingerprint density at radius 2 is 2.18 bits per heavy atom. The molecule has 94 valence electrons. The molecule has 2 N–H and O–H groups in total. The van der Waals surface area contributed by atoms with E-state index in [1.54, 1.807) is 11.3 Å². The first-order valence-corrected chi connectivity index (χ1v) is 7.79. The fourth-order valence-electron chi connectivity index (χ4n) is 2.57. The first kappa shape index (κ1) is 13.2. The Labute approximate surface area is 115 Å². The number of Topliss-reactive ketones (excluding diaryl/α,β-unsaturated/α-hetero) is 1. The number of thiophene rings is 1. The van der Waals surface area contributed by atoms with Crippen molar-refractivity contribution in [2.75, 3.05) is 6.54 Å². The average molecular weight is 316 g/mol. The number of rotatable bonds is 3. The van der Waals surface area contributed by atoms with E-state index in [4.69, 9.17) is 5.73 Å². The molecule has 0 amide bonds. The lowest BCUT2D eigenvalue weighted by Gasteiger charge is -2.37. The predicted octanol–water partition coefficient (Wildman–Crippen LogP) is 3.85. The minimum atomic E-state index is -0.309. The van der Waals surface area contributed by atoms with Gasteiger partial charge < -0.3 is 5.73 Å². The molecule has 1 fully saturated rings. The SMILES string of the molecule is CC1CCC(CN)(C(=O)c2cscc2Br)CC1. The maximum Gasteiger partial charge on any atom is 0.172 e. The molecule has 4 heteroatoms. The van der Waals surface area contributed by atoms with Gasteiger partial charge in [0.2, 0.25) is 0 Å². The molecule has 1 aromatic rings. The van der Waals surface area contributed by atoms with Gasteiger partial charge in [-0.1, -0.05) is 6.92 Å². The Balaban J connectivity index is 2.24. The van der Waals surface area contributed by atoms with E-state index in [-0.39, 0.29) is 11.2 Å². The molecule has 1 aliphatic carbocycles. The molecule has 1 saturated carbocycles. The van der Waals surface area contributed by atoms with Crippen LogP contribution in [-0.4, -0.2) is 12.3 Å². The van der Waals surface area contributed by atoms with Crippen molar-refractivity contribution in [3.8, 4) is 0 Å². The summed E-state index contributed by atoms with van der Waals surface area (Å²) in [5.74, 6) is 0.966. The monoisotopic (exact) mass is 315 g/mol. The molecule has 2 rings (SSSR count). The maximum atomic E-state index is 12.6. The molecule has 0 saturated heterocycles. The van der Waals surface area contributed by atoms with Crippen LogP contribution in [-0.2, 0) is 0 Å². The third kappa shape index (κ3) is 2.49. The van der Waals surface area contributed by atoms with Crippen LogP contribution >= 0.6 is 27.3 Å². The summed E-state index contributed by atoms with van der Waals surface area (Å²) >= 11 is 5.01. The Morgan fingerprint density at radius 3 is 2.65 bits per heavy atom. The molecule has 1 aromatic heterocycles. The van der Waals surface area contributed by atoms with E-state index in [9.17, 15) is 4.79 Å². The van der Waals surface area contributed by atoms with Gasteiger partial charge in [-0.2, -0.15) is 11.3 Å². The topological polar surface area (TPSA) is 43.1 Å². The summed E-state index contributed by atoms with van der Waals surface area (Å²) in [4.78, 5) is 12.6. The van der Waals surface area contributed by atoms with Crippen LogP contribution in [0.2, 0.25) is 0 Å². The molecule has 0 atom stereocenters. The van der Waals surface area contributed by atoms with Crippen LogP contribution in [0, 0.1) is 11.3 Å². The van der Waals surface area contributed by atoms with Crippen molar-refractivity contribution in [3.05, 3.63) is 20.8 Å². The van der Waals surface area contributed by atoms with E-state index in [1.165, 1.54) is 0 Å². The summed E-state index contributed by atoms with van der Waals surface area (Å²) in [5, 5.41) is 3.89. The van der Waals surface area contributed by atoms with Gasteiger partial charge in [-0.05, 0) is 47.5 Å². The van der Waals surface area contributed by atoms with E-state index >= 15 is 0 Å². The summed E-state index contributed by atoms with van der Waals surface area (Å²) in [6.07, 6.45) is 4.10. The van der Waals surface area contributed by atoms with E-state index in [2.05, 4.69) is 22.9 Å². The summed E-state index contributed by atoms with van der Waals surface area (Å²) in [7, 11) is 0. The molecule has 17 heavy (non-hydrogen) atoms. The molecular weight excluding hydrogens is 298 g/mol. The number of hydrogen-bond donors (Lipinski definition) is 1. The van der Waals surface area contributed by atoms with Crippen LogP contribution in [0.15, 0.2) is 15.2 Å². The molecule has 2 nitrogen and oxygen atoms in total. The van der Waals surface area contributed by atoms with Gasteiger partial charge in [-0.15, -0.1) is 0 Å². The molecular formula is C13H18BrNOS. The lowest BCUT2D eigenvalue weighted by atomic mass is 9.67. The van der Waals surface area contributed by atoms with Crippen LogP contribution in [0.5, 0.6) is 0 Å². The highest BCUT2D eigenvalue weighted by atomic mass is 79.9. The maximum absolute atomic E-state index is 12.6. The normalized spacial score (nSPS) is 29.2. The summed E-state index contributed by atoms with van der Waals surface area (Å²) < 4.78 is 0.916. The van der Waals surface area contributed by atoms with Crippen molar-refractivity contribution in [2.24, 2.45) is 17.1 Å². The van der Waals surface area contributed by atoms with Crippen LogP contribution in [0.1, 0.15) is 43.0 Å². The number of nitrogens with two attached hydrogens (primary N) is 1. The third-order valence-electron chi connectivity index (χ3n) is 3.96. The Bertz CT molecular complexity index is 407. The largest absolute Gasteiger partial charge is 0.329 e. The molecule has 1 aliphatic rings. The zero-order chi connectivity index (χ0) is 12.5. The minimum Gasteiger partial charge on any atom is -0.329 e. The van der Waals surface area contributed by atoms with Crippen molar-refractivity contribution < 1.29 is 4.79 Å². The fourth-order valence-corrected chi connectivity index (χ4v) is 4.02. The smallest absolute Gasteiger partial charge is 0.172 e. The van der Waals surface area contributed by atoms with E-state index in [0.717, 1.165) is 41.6 Å². The van der Waals surface area contributed by atoms with Gasteiger partial charge in [0.15, 0.2) is 5.78 Å². The van der Waals surface area contributed by atoms with E-state index < -0.39 is 0 Å². The molecule has 1 heterocycles. The van der Waals surface area contributed by atoms with E-state index in [1.807, 2.05) is 10.8 Å². The fraction of sp³-hybridized carbons (Fsp3) is 0.615. The van der Waals surface area contributed by atoms with Gasteiger partial charge in [-0.3, -0.25) is 4.79 Å². The number of hydrogen-bond acceptors (Lipinski definition) is 3. The molecule has 0 radical (unpaired) electrons. The van der Waals surface area contributed by atoms with Crippen LogP contribution < -0.4 is 5.73 Å². The van der Waals surface area contributed by atoms with Crippen molar-refractivity contribution in [1.29, 1.82) is 0 Å². The lowest BCUT2D eigenvalue weighted by Crippen LogP contribution is -2.41. The summed E-state index contributed by atoms with van der Waals surface area (Å²) in [6, 6.07) is 0. The van der Waals surface area contributed by atoms with Crippen LogP contribution in [0.4, 0.5) is 0 Å². The number of carbonyl (C=O) groups is 1. The van der Waals surface area contributed by atoms with Gasteiger partial charge in [0.25, 0.3) is 0 Å². The van der Waals surface area contributed by atoms with Crippen molar-refractivity contribution in [3.63, 3.8) is 0 Å². The van der Waals surface area contributed by atoms with Gasteiger partial charge in [-0.25, -0.2) is 0 Å². The molecule has 0 unspecified atom stereocenters. The Hall–Kier alpha value is -0.190. The van der Waals surface area contributed by atoms with Crippen molar-refractivity contribution in [1.82, 2.24) is 0 Å². The van der Waals surface area contributed by atoms with Gasteiger partial charge in [0.05, 0.1) is 0 Å². The second-order valence-electron chi connectivity index (χ2n) is 5.13. The number of carbonyl (C=O) groups excluding carboxylic acids is 1.